The minimum Gasteiger partial charge on any atom is -0.743 e. The lowest BCUT2D eigenvalue weighted by Crippen LogP contribution is -2.40. The van der Waals surface area contributed by atoms with Crippen molar-refractivity contribution in [2.24, 2.45) is 0 Å². The number of benzene rings is 4. The summed E-state index contributed by atoms with van der Waals surface area (Å²) in [4.78, 5) is 13.8. The molecular weight excluding hydrogens is 913 g/mol. The average molecular weight is 928 g/mol. The van der Waals surface area contributed by atoms with Gasteiger partial charge in [-0.1, -0.05) is 36.4 Å². The van der Waals surface area contributed by atoms with Crippen LogP contribution in [0.4, 0.5) is 17.6 Å². The summed E-state index contributed by atoms with van der Waals surface area (Å²) in [5, 5.41) is -5.12. The molecule has 14 heteroatoms. The van der Waals surface area contributed by atoms with Crippen molar-refractivity contribution < 1.29 is 40.1 Å². The number of hydrogen-bond acceptors (Lipinski definition) is 5. The first-order valence-electron chi connectivity index (χ1n) is 10.7. The molecule has 0 fully saturated rings. The van der Waals surface area contributed by atoms with Gasteiger partial charge in [0.05, 0.1) is 18.0 Å². The minimum absolute atomic E-state index is 0.213. The molecule has 0 atom stereocenters. The van der Waals surface area contributed by atoms with E-state index in [2.05, 4.69) is 4.74 Å². The molecule has 40 heavy (non-hydrogen) atoms. The zero-order chi connectivity index (χ0) is 29.7. The quantitative estimate of drug-likeness (QED) is 0.0497. The lowest BCUT2D eigenvalue weighted by molar-refractivity contribution is -0.151. The van der Waals surface area contributed by atoms with Crippen molar-refractivity contribution in [2.75, 3.05) is 0 Å². The fourth-order valence-corrected chi connectivity index (χ4v) is 9.23. The Kier molecular flexibility index (Phi) is 11.7. The first kappa shape index (κ1) is 33.0. The van der Waals surface area contributed by atoms with Crippen molar-refractivity contribution in [3.05, 3.63) is 113 Å². The summed E-state index contributed by atoms with van der Waals surface area (Å²) >= 11 is 5.44. The number of esters is 1. The Morgan fingerprint density at radius 2 is 1.18 bits per heavy atom. The molecule has 210 valence electrons. The van der Waals surface area contributed by atoms with Gasteiger partial charge in [-0.05, 0) is 104 Å². The SMILES string of the molecule is Fc1cc(F)cc([S+](c2ccccc2)c2ccccc2)c1.O=C(Oc1c(I)cc(I)cc1I)C(F)(F)S(=O)(=O)[O-]. The van der Waals surface area contributed by atoms with E-state index in [1.54, 1.807) is 45.2 Å². The molecule has 4 aromatic carbocycles. The van der Waals surface area contributed by atoms with Crippen LogP contribution in [0, 0.1) is 22.3 Å². The average Bonchev–Trinajstić information content (AvgIpc) is 2.86. The molecule has 0 heterocycles. The van der Waals surface area contributed by atoms with Gasteiger partial charge in [-0.2, -0.15) is 8.78 Å². The zero-order valence-electron chi connectivity index (χ0n) is 19.7. The van der Waals surface area contributed by atoms with E-state index >= 15 is 0 Å². The summed E-state index contributed by atoms with van der Waals surface area (Å²) in [5.41, 5.74) is 0. The molecule has 0 bridgehead atoms. The Labute approximate surface area is 271 Å². The molecule has 0 N–H and O–H groups in total. The highest BCUT2D eigenvalue weighted by Crippen LogP contribution is 2.33. The highest BCUT2D eigenvalue weighted by molar-refractivity contribution is 14.1. The summed E-state index contributed by atoms with van der Waals surface area (Å²) in [7, 11) is -6.64. The smallest absolute Gasteiger partial charge is 0.429 e. The number of hydrogen-bond donors (Lipinski definition) is 0. The van der Waals surface area contributed by atoms with Gasteiger partial charge in [0.2, 0.25) is 0 Å². The molecule has 0 aromatic heterocycles. The predicted molar refractivity (Wildman–Crippen MR) is 166 cm³/mol. The summed E-state index contributed by atoms with van der Waals surface area (Å²) < 4.78 is 89.8. The largest absolute Gasteiger partial charge is 0.743 e. The number of alkyl halides is 2. The summed E-state index contributed by atoms with van der Waals surface area (Å²) in [6, 6.07) is 26.4. The monoisotopic (exact) mass is 928 g/mol. The molecule has 0 amide bonds. The zero-order valence-corrected chi connectivity index (χ0v) is 27.8. The van der Waals surface area contributed by atoms with E-state index in [0.717, 1.165) is 19.4 Å². The molecule has 0 saturated heterocycles. The van der Waals surface area contributed by atoms with Gasteiger partial charge in [-0.25, -0.2) is 22.0 Å². The van der Waals surface area contributed by atoms with E-state index in [0.29, 0.717) is 12.0 Å². The van der Waals surface area contributed by atoms with Crippen molar-refractivity contribution in [1.82, 2.24) is 0 Å². The number of rotatable bonds is 6. The number of carbonyl (C=O) groups excluding carboxylic acids is 1. The second-order valence-corrected chi connectivity index (χ2v) is 14.6. The van der Waals surface area contributed by atoms with E-state index in [4.69, 9.17) is 0 Å². The van der Waals surface area contributed by atoms with Crippen LogP contribution in [0.5, 0.6) is 5.75 Å². The van der Waals surface area contributed by atoms with E-state index in [-0.39, 0.29) is 5.75 Å². The molecule has 4 aromatic rings. The highest BCUT2D eigenvalue weighted by atomic mass is 127. The second kappa shape index (κ2) is 14.1. The first-order valence-corrected chi connectivity index (χ1v) is 16.6. The Morgan fingerprint density at radius 1 is 0.750 bits per heavy atom. The van der Waals surface area contributed by atoms with Gasteiger partial charge >= 0.3 is 11.2 Å². The lowest BCUT2D eigenvalue weighted by atomic mass is 10.3. The normalized spacial score (nSPS) is 11.5. The maximum Gasteiger partial charge on any atom is 0.429 e. The summed E-state index contributed by atoms with van der Waals surface area (Å²) in [6.07, 6.45) is 0. The first-order chi connectivity index (χ1) is 18.7. The van der Waals surface area contributed by atoms with E-state index in [9.17, 15) is 35.3 Å². The van der Waals surface area contributed by atoms with E-state index < -0.39 is 43.9 Å². The molecule has 4 rings (SSSR count). The summed E-state index contributed by atoms with van der Waals surface area (Å²) in [6.45, 7) is 0. The van der Waals surface area contributed by atoms with Gasteiger partial charge in [-0.15, -0.1) is 0 Å². The van der Waals surface area contributed by atoms with Gasteiger partial charge in [0.15, 0.2) is 30.6 Å². The molecule has 0 aliphatic rings. The van der Waals surface area contributed by atoms with Crippen LogP contribution < -0.4 is 4.74 Å². The maximum atomic E-state index is 13.6. The Bertz CT molecular complexity index is 1530. The van der Waals surface area contributed by atoms with Crippen molar-refractivity contribution in [1.29, 1.82) is 0 Å². The minimum atomic E-state index is -6.12. The van der Waals surface area contributed by atoms with Crippen LogP contribution in [0.15, 0.2) is 106 Å². The number of halogens is 7. The highest BCUT2D eigenvalue weighted by Gasteiger charge is 2.49. The van der Waals surface area contributed by atoms with Crippen molar-refractivity contribution in [3.8, 4) is 5.75 Å². The third kappa shape index (κ3) is 8.52. The van der Waals surface area contributed by atoms with E-state index in [1.807, 2.05) is 83.3 Å². The van der Waals surface area contributed by atoms with Crippen LogP contribution >= 0.6 is 67.8 Å². The topological polar surface area (TPSA) is 83.5 Å². The number of ether oxygens (including phenoxy) is 1. The van der Waals surface area contributed by atoms with Crippen molar-refractivity contribution >= 4 is 94.8 Å². The van der Waals surface area contributed by atoms with Crippen LogP contribution in [-0.2, 0) is 25.8 Å². The third-order valence-electron chi connectivity index (χ3n) is 4.74. The van der Waals surface area contributed by atoms with Crippen LogP contribution in [0.3, 0.4) is 0 Å². The number of carbonyl (C=O) groups is 1. The van der Waals surface area contributed by atoms with Crippen LogP contribution in [0.25, 0.3) is 0 Å². The Morgan fingerprint density at radius 3 is 1.57 bits per heavy atom. The molecule has 0 spiro atoms. The van der Waals surface area contributed by atoms with Gasteiger partial charge in [0.1, 0.15) is 11.6 Å². The van der Waals surface area contributed by atoms with Crippen LogP contribution in [-0.4, -0.2) is 24.2 Å². The molecule has 5 nitrogen and oxygen atoms in total. The molecular formula is C26H15F4I3O5S2. The standard InChI is InChI=1S/C18H13F2S.C8H3F2I3O5S/c19-14-11-15(20)13-18(12-14)21(16-7-3-1-4-8-16)17-9-5-2-6-10-17;9-8(10,19(15,16)17)7(14)18-6-4(12)1-3(11)2-5(6)13/h1-13H;1-2H,(H,15,16,17)/q+1;/p-1. The Hall–Kier alpha value is -1.48. The van der Waals surface area contributed by atoms with Crippen molar-refractivity contribution in [3.63, 3.8) is 0 Å². The van der Waals surface area contributed by atoms with Gasteiger partial charge in [0, 0.05) is 21.8 Å². The van der Waals surface area contributed by atoms with Crippen molar-refractivity contribution in [2.45, 2.75) is 19.9 Å². The molecule has 0 saturated carbocycles. The molecule has 0 radical (unpaired) electrons. The fraction of sp³-hybridized carbons (Fsp3) is 0.0385. The van der Waals surface area contributed by atoms with Crippen LogP contribution in [0.1, 0.15) is 0 Å². The summed E-state index contributed by atoms with van der Waals surface area (Å²) in [5.74, 6) is -3.72. The molecule has 0 aliphatic heterocycles. The van der Waals surface area contributed by atoms with E-state index in [1.165, 1.54) is 24.3 Å². The fourth-order valence-electron chi connectivity index (χ4n) is 3.05. The van der Waals surface area contributed by atoms with Gasteiger partial charge < -0.3 is 9.29 Å². The maximum absolute atomic E-state index is 13.6. The Balaban J connectivity index is 0.000000222. The molecule has 0 aliphatic carbocycles. The van der Waals surface area contributed by atoms with Gasteiger partial charge in [-0.3, -0.25) is 0 Å². The lowest BCUT2D eigenvalue weighted by Gasteiger charge is -2.18. The van der Waals surface area contributed by atoms with Crippen LogP contribution in [0.2, 0.25) is 0 Å². The molecule has 0 unspecified atom stereocenters. The predicted octanol–water partition coefficient (Wildman–Crippen LogP) is 7.60. The second-order valence-electron chi connectivity index (χ2n) is 7.60. The third-order valence-corrected chi connectivity index (χ3v) is 9.95. The van der Waals surface area contributed by atoms with Gasteiger partial charge in [0.25, 0.3) is 0 Å².